The number of aryl methyl sites for hydroxylation is 2. The Bertz CT molecular complexity index is 666. The molecular weight excluding hydrogens is 232 g/mol. The lowest BCUT2D eigenvalue weighted by molar-refractivity contribution is 0.392. The fraction of sp³-hybridized carbons (Fsp3) is 0.273. The van der Waals surface area contributed by atoms with Crippen LogP contribution < -0.4 is 5.32 Å². The summed E-state index contributed by atoms with van der Waals surface area (Å²) in [4.78, 5) is 4.25. The summed E-state index contributed by atoms with van der Waals surface area (Å²) >= 11 is 0. The van der Waals surface area contributed by atoms with E-state index in [4.69, 9.17) is 4.52 Å². The Morgan fingerprint density at radius 2 is 2.28 bits per heavy atom. The van der Waals surface area contributed by atoms with Crippen molar-refractivity contribution in [2.24, 2.45) is 0 Å². The Kier molecular flexibility index (Phi) is 2.44. The average molecular weight is 244 g/mol. The summed E-state index contributed by atoms with van der Waals surface area (Å²) in [5, 5.41) is 15.0. The molecular formula is C11H12N6O. The van der Waals surface area contributed by atoms with E-state index in [0.29, 0.717) is 18.0 Å². The zero-order valence-electron chi connectivity index (χ0n) is 10.1. The molecule has 3 heterocycles. The second-order valence-corrected chi connectivity index (χ2v) is 3.99. The minimum atomic E-state index is 0.598. The summed E-state index contributed by atoms with van der Waals surface area (Å²) in [7, 11) is 0. The van der Waals surface area contributed by atoms with E-state index < -0.39 is 0 Å². The van der Waals surface area contributed by atoms with Gasteiger partial charge in [0.2, 0.25) is 5.65 Å². The molecule has 92 valence electrons. The van der Waals surface area contributed by atoms with Crippen molar-refractivity contribution in [3.8, 4) is 0 Å². The van der Waals surface area contributed by atoms with E-state index >= 15 is 0 Å². The third-order valence-corrected chi connectivity index (χ3v) is 2.83. The summed E-state index contributed by atoms with van der Waals surface area (Å²) in [5.74, 6) is 1.50. The third-order valence-electron chi connectivity index (χ3n) is 2.83. The monoisotopic (exact) mass is 244 g/mol. The highest BCUT2D eigenvalue weighted by atomic mass is 16.5. The lowest BCUT2D eigenvalue weighted by Gasteiger charge is -2.05. The Morgan fingerprint density at radius 1 is 1.39 bits per heavy atom. The number of fused-ring (bicyclic) bond motifs is 1. The molecule has 0 aliphatic rings. The molecule has 3 aromatic heterocycles. The fourth-order valence-electron chi connectivity index (χ4n) is 1.81. The van der Waals surface area contributed by atoms with Crippen molar-refractivity contribution in [3.63, 3.8) is 0 Å². The first kappa shape index (κ1) is 10.7. The first-order valence-corrected chi connectivity index (χ1v) is 5.55. The standard InChI is InChI=1S/C11H12N6O/c1-7-9(8(2)18-16-7)5-13-10-11-15-14-6-17(11)4-3-12-10/h3-4,6H,5H2,1-2H3,(H,12,13). The van der Waals surface area contributed by atoms with Crippen LogP contribution in [0.15, 0.2) is 23.2 Å². The van der Waals surface area contributed by atoms with Gasteiger partial charge in [0.1, 0.15) is 12.1 Å². The molecule has 0 fully saturated rings. The van der Waals surface area contributed by atoms with Crippen LogP contribution in [0.3, 0.4) is 0 Å². The molecule has 0 aromatic carbocycles. The average Bonchev–Trinajstić information content (AvgIpc) is 2.95. The van der Waals surface area contributed by atoms with Gasteiger partial charge in [-0.1, -0.05) is 5.16 Å². The van der Waals surface area contributed by atoms with Gasteiger partial charge in [-0.2, -0.15) is 0 Å². The molecule has 3 rings (SSSR count). The van der Waals surface area contributed by atoms with Crippen LogP contribution in [0.25, 0.3) is 5.65 Å². The molecule has 0 aliphatic carbocycles. The van der Waals surface area contributed by atoms with E-state index in [1.54, 1.807) is 18.7 Å². The predicted octanol–water partition coefficient (Wildman–Crippen LogP) is 1.34. The van der Waals surface area contributed by atoms with Gasteiger partial charge in [0.05, 0.1) is 5.69 Å². The van der Waals surface area contributed by atoms with E-state index in [1.807, 2.05) is 18.2 Å². The van der Waals surface area contributed by atoms with Crippen LogP contribution in [0.1, 0.15) is 17.0 Å². The smallest absolute Gasteiger partial charge is 0.203 e. The topological polar surface area (TPSA) is 81.1 Å². The van der Waals surface area contributed by atoms with Gasteiger partial charge in [0.25, 0.3) is 0 Å². The molecule has 18 heavy (non-hydrogen) atoms. The van der Waals surface area contributed by atoms with E-state index in [0.717, 1.165) is 17.0 Å². The summed E-state index contributed by atoms with van der Waals surface area (Å²) in [6.07, 6.45) is 5.14. The van der Waals surface area contributed by atoms with Crippen LogP contribution in [0, 0.1) is 13.8 Å². The lowest BCUT2D eigenvalue weighted by Crippen LogP contribution is -2.04. The highest BCUT2D eigenvalue weighted by molar-refractivity contribution is 5.61. The van der Waals surface area contributed by atoms with Gasteiger partial charge in [-0.15, -0.1) is 10.2 Å². The molecule has 0 atom stereocenters. The largest absolute Gasteiger partial charge is 0.363 e. The van der Waals surface area contributed by atoms with Crippen molar-refractivity contribution in [2.45, 2.75) is 20.4 Å². The van der Waals surface area contributed by atoms with E-state index in [-0.39, 0.29) is 0 Å². The number of rotatable bonds is 3. The van der Waals surface area contributed by atoms with Crippen LogP contribution >= 0.6 is 0 Å². The van der Waals surface area contributed by atoms with Crippen LogP contribution in [-0.2, 0) is 6.54 Å². The van der Waals surface area contributed by atoms with Gasteiger partial charge in [0.15, 0.2) is 5.82 Å². The zero-order chi connectivity index (χ0) is 12.5. The molecule has 0 radical (unpaired) electrons. The van der Waals surface area contributed by atoms with E-state index in [9.17, 15) is 0 Å². The van der Waals surface area contributed by atoms with Crippen LogP contribution in [0.5, 0.6) is 0 Å². The van der Waals surface area contributed by atoms with E-state index in [1.165, 1.54) is 0 Å². The Morgan fingerprint density at radius 3 is 3.06 bits per heavy atom. The minimum Gasteiger partial charge on any atom is -0.363 e. The number of anilines is 1. The molecule has 0 aliphatic heterocycles. The van der Waals surface area contributed by atoms with Gasteiger partial charge in [0, 0.05) is 24.5 Å². The molecule has 7 nitrogen and oxygen atoms in total. The fourth-order valence-corrected chi connectivity index (χ4v) is 1.81. The van der Waals surface area contributed by atoms with Crippen LogP contribution in [0.4, 0.5) is 5.82 Å². The van der Waals surface area contributed by atoms with Gasteiger partial charge < -0.3 is 9.84 Å². The molecule has 0 saturated carbocycles. The highest BCUT2D eigenvalue weighted by Crippen LogP contribution is 2.16. The van der Waals surface area contributed by atoms with Crippen molar-refractivity contribution >= 4 is 11.5 Å². The normalized spacial score (nSPS) is 11.0. The van der Waals surface area contributed by atoms with Gasteiger partial charge in [-0.25, -0.2) is 4.98 Å². The molecule has 0 unspecified atom stereocenters. The maximum absolute atomic E-state index is 5.11. The number of nitrogens with zero attached hydrogens (tertiary/aromatic N) is 5. The van der Waals surface area contributed by atoms with Crippen LogP contribution in [-0.4, -0.2) is 24.7 Å². The Balaban J connectivity index is 1.87. The van der Waals surface area contributed by atoms with Gasteiger partial charge in [-0.05, 0) is 13.8 Å². The molecule has 0 saturated heterocycles. The highest BCUT2D eigenvalue weighted by Gasteiger charge is 2.10. The minimum absolute atomic E-state index is 0.598. The first-order chi connectivity index (χ1) is 8.75. The number of hydrogen-bond donors (Lipinski definition) is 1. The van der Waals surface area contributed by atoms with Crippen molar-refractivity contribution < 1.29 is 4.52 Å². The molecule has 0 bridgehead atoms. The summed E-state index contributed by atoms with van der Waals surface area (Å²) in [6.45, 7) is 4.40. The van der Waals surface area contributed by atoms with Crippen LogP contribution in [0.2, 0.25) is 0 Å². The van der Waals surface area contributed by atoms with Crippen molar-refractivity contribution in [2.75, 3.05) is 5.32 Å². The quantitative estimate of drug-likeness (QED) is 0.748. The number of aromatic nitrogens is 5. The van der Waals surface area contributed by atoms with Crippen molar-refractivity contribution in [1.82, 2.24) is 24.7 Å². The predicted molar refractivity (Wildman–Crippen MR) is 64.1 cm³/mol. The second-order valence-electron chi connectivity index (χ2n) is 3.99. The first-order valence-electron chi connectivity index (χ1n) is 5.55. The molecule has 0 spiro atoms. The van der Waals surface area contributed by atoms with Gasteiger partial charge in [-0.3, -0.25) is 4.40 Å². The Labute approximate surface area is 103 Å². The van der Waals surface area contributed by atoms with Gasteiger partial charge >= 0.3 is 0 Å². The second kappa shape index (κ2) is 4.10. The molecule has 0 amide bonds. The molecule has 3 aromatic rings. The summed E-state index contributed by atoms with van der Waals surface area (Å²) in [6, 6.07) is 0. The van der Waals surface area contributed by atoms with Crippen molar-refractivity contribution in [3.05, 3.63) is 35.7 Å². The number of nitrogens with one attached hydrogen (secondary N) is 1. The SMILES string of the molecule is Cc1noc(C)c1CNc1nccn2cnnc12. The lowest BCUT2D eigenvalue weighted by atomic mass is 10.2. The number of hydrogen-bond acceptors (Lipinski definition) is 6. The van der Waals surface area contributed by atoms with Crippen molar-refractivity contribution in [1.29, 1.82) is 0 Å². The summed E-state index contributed by atoms with van der Waals surface area (Å²) < 4.78 is 6.92. The molecule has 1 N–H and O–H groups in total. The van der Waals surface area contributed by atoms with E-state index in [2.05, 4.69) is 25.7 Å². The Hall–Kier alpha value is -2.44. The zero-order valence-corrected chi connectivity index (χ0v) is 10.1. The summed E-state index contributed by atoms with van der Waals surface area (Å²) in [5.41, 5.74) is 2.62. The third kappa shape index (κ3) is 1.69. The maximum atomic E-state index is 5.11. The maximum Gasteiger partial charge on any atom is 0.203 e. The molecule has 7 heteroatoms.